The Morgan fingerprint density at radius 1 is 1.33 bits per heavy atom. The van der Waals surface area contributed by atoms with Crippen molar-refractivity contribution in [2.45, 2.75) is 52.1 Å². The first-order chi connectivity index (χ1) is 5.45. The van der Waals surface area contributed by atoms with Crippen LogP contribution in [0.2, 0.25) is 0 Å². The van der Waals surface area contributed by atoms with Crippen molar-refractivity contribution in [1.82, 2.24) is 0 Å². The van der Waals surface area contributed by atoms with Crippen molar-refractivity contribution in [2.24, 2.45) is 5.92 Å². The molecule has 74 valence electrons. The highest BCUT2D eigenvalue weighted by atomic mass is 79.9. The molecule has 0 bridgehead atoms. The summed E-state index contributed by atoms with van der Waals surface area (Å²) < 4.78 is 0. The SMILES string of the molecule is C[C@H](CCBr)CCCC(C)(C)O. The molecule has 0 aliphatic heterocycles. The summed E-state index contributed by atoms with van der Waals surface area (Å²) in [6.07, 6.45) is 4.53. The van der Waals surface area contributed by atoms with E-state index in [0.717, 1.165) is 24.1 Å². The summed E-state index contributed by atoms with van der Waals surface area (Å²) in [4.78, 5) is 0. The van der Waals surface area contributed by atoms with Crippen LogP contribution in [0.5, 0.6) is 0 Å². The first kappa shape index (κ1) is 12.4. The number of alkyl halides is 1. The number of rotatable bonds is 6. The van der Waals surface area contributed by atoms with E-state index in [0.29, 0.717) is 0 Å². The molecule has 0 aliphatic rings. The molecule has 0 aromatic heterocycles. The van der Waals surface area contributed by atoms with Crippen LogP contribution in [-0.4, -0.2) is 16.0 Å². The maximum absolute atomic E-state index is 9.45. The van der Waals surface area contributed by atoms with Crippen molar-refractivity contribution < 1.29 is 5.11 Å². The van der Waals surface area contributed by atoms with Crippen molar-refractivity contribution >= 4 is 15.9 Å². The molecule has 0 rings (SSSR count). The highest BCUT2D eigenvalue weighted by molar-refractivity contribution is 9.09. The van der Waals surface area contributed by atoms with E-state index in [9.17, 15) is 5.11 Å². The lowest BCUT2D eigenvalue weighted by Gasteiger charge is -2.17. The monoisotopic (exact) mass is 236 g/mol. The van der Waals surface area contributed by atoms with Gasteiger partial charge in [-0.2, -0.15) is 0 Å². The van der Waals surface area contributed by atoms with Crippen molar-refractivity contribution in [1.29, 1.82) is 0 Å². The Hall–Kier alpha value is 0.440. The predicted molar refractivity (Wildman–Crippen MR) is 57.7 cm³/mol. The smallest absolute Gasteiger partial charge is 0.0591 e. The number of hydrogen-bond acceptors (Lipinski definition) is 1. The summed E-state index contributed by atoms with van der Waals surface area (Å²) in [7, 11) is 0. The molecule has 0 spiro atoms. The average Bonchev–Trinajstić information content (AvgIpc) is 1.84. The molecule has 0 aromatic rings. The predicted octanol–water partition coefficient (Wildman–Crippen LogP) is 3.35. The number of aliphatic hydroxyl groups is 1. The zero-order chi connectivity index (χ0) is 9.61. The van der Waals surface area contributed by atoms with Gasteiger partial charge in [0.15, 0.2) is 0 Å². The Labute approximate surface area is 84.7 Å². The topological polar surface area (TPSA) is 20.2 Å². The third-order valence-electron chi connectivity index (χ3n) is 2.09. The van der Waals surface area contributed by atoms with E-state index >= 15 is 0 Å². The maximum Gasteiger partial charge on any atom is 0.0591 e. The largest absolute Gasteiger partial charge is 0.390 e. The minimum atomic E-state index is -0.478. The van der Waals surface area contributed by atoms with Gasteiger partial charge in [-0.3, -0.25) is 0 Å². The van der Waals surface area contributed by atoms with E-state index in [1.165, 1.54) is 12.8 Å². The van der Waals surface area contributed by atoms with E-state index in [4.69, 9.17) is 0 Å². The van der Waals surface area contributed by atoms with Crippen LogP contribution < -0.4 is 0 Å². The molecule has 0 aromatic carbocycles. The summed E-state index contributed by atoms with van der Waals surface area (Å²) in [5.41, 5.74) is -0.478. The van der Waals surface area contributed by atoms with E-state index in [1.807, 2.05) is 13.8 Å². The van der Waals surface area contributed by atoms with Gasteiger partial charge in [0.2, 0.25) is 0 Å². The van der Waals surface area contributed by atoms with E-state index in [-0.39, 0.29) is 0 Å². The Morgan fingerprint density at radius 2 is 1.92 bits per heavy atom. The molecule has 12 heavy (non-hydrogen) atoms. The molecular weight excluding hydrogens is 216 g/mol. The molecule has 0 unspecified atom stereocenters. The van der Waals surface area contributed by atoms with Crippen molar-refractivity contribution in [3.63, 3.8) is 0 Å². The van der Waals surface area contributed by atoms with Gasteiger partial charge >= 0.3 is 0 Å². The van der Waals surface area contributed by atoms with Crippen LogP contribution in [0, 0.1) is 5.92 Å². The van der Waals surface area contributed by atoms with Crippen molar-refractivity contribution in [3.05, 3.63) is 0 Å². The van der Waals surface area contributed by atoms with Crippen LogP contribution in [0.15, 0.2) is 0 Å². The Kier molecular flexibility index (Phi) is 6.20. The third kappa shape index (κ3) is 8.54. The molecule has 0 aliphatic carbocycles. The normalized spacial score (nSPS) is 14.8. The molecule has 2 heteroatoms. The van der Waals surface area contributed by atoms with Gasteiger partial charge in [0, 0.05) is 5.33 Å². The Bertz CT molecular complexity index is 107. The number of halogens is 1. The number of hydrogen-bond donors (Lipinski definition) is 1. The lowest BCUT2D eigenvalue weighted by molar-refractivity contribution is 0.0670. The van der Waals surface area contributed by atoms with Gasteiger partial charge in [-0.25, -0.2) is 0 Å². The zero-order valence-electron chi connectivity index (χ0n) is 8.44. The Morgan fingerprint density at radius 3 is 2.33 bits per heavy atom. The van der Waals surface area contributed by atoms with Gasteiger partial charge < -0.3 is 5.11 Å². The molecular formula is C10H21BrO. The van der Waals surface area contributed by atoms with Crippen molar-refractivity contribution in [3.8, 4) is 0 Å². The lowest BCUT2D eigenvalue weighted by Crippen LogP contribution is -2.18. The van der Waals surface area contributed by atoms with Gasteiger partial charge in [0.05, 0.1) is 5.60 Å². The van der Waals surface area contributed by atoms with Crippen LogP contribution in [0.1, 0.15) is 46.5 Å². The van der Waals surface area contributed by atoms with Gasteiger partial charge in [-0.05, 0) is 32.6 Å². The molecule has 0 saturated heterocycles. The van der Waals surface area contributed by atoms with Crippen LogP contribution in [0.4, 0.5) is 0 Å². The minimum absolute atomic E-state index is 0.478. The van der Waals surface area contributed by atoms with E-state index < -0.39 is 5.60 Å². The summed E-state index contributed by atoms with van der Waals surface area (Å²) in [6, 6.07) is 0. The quantitative estimate of drug-likeness (QED) is 0.702. The van der Waals surface area contributed by atoms with E-state index in [1.54, 1.807) is 0 Å². The molecule has 1 atom stereocenters. The summed E-state index contributed by atoms with van der Waals surface area (Å²) in [5.74, 6) is 0.784. The van der Waals surface area contributed by atoms with Crippen LogP contribution in [0.25, 0.3) is 0 Å². The fraction of sp³-hybridized carbons (Fsp3) is 1.00. The highest BCUT2D eigenvalue weighted by Gasteiger charge is 2.12. The average molecular weight is 237 g/mol. The molecule has 0 amide bonds. The minimum Gasteiger partial charge on any atom is -0.390 e. The lowest BCUT2D eigenvalue weighted by atomic mass is 9.96. The van der Waals surface area contributed by atoms with Crippen LogP contribution in [0.3, 0.4) is 0 Å². The van der Waals surface area contributed by atoms with Crippen molar-refractivity contribution in [2.75, 3.05) is 5.33 Å². The zero-order valence-corrected chi connectivity index (χ0v) is 10.0. The molecule has 0 heterocycles. The maximum atomic E-state index is 9.45. The summed E-state index contributed by atoms with van der Waals surface area (Å²) in [6.45, 7) is 6.02. The second kappa shape index (κ2) is 5.98. The molecule has 0 radical (unpaired) electrons. The third-order valence-corrected chi connectivity index (χ3v) is 2.55. The second-order valence-corrected chi connectivity index (χ2v) is 5.08. The molecule has 0 fully saturated rings. The molecule has 1 nitrogen and oxygen atoms in total. The first-order valence-corrected chi connectivity index (χ1v) is 5.86. The van der Waals surface area contributed by atoms with Crippen LogP contribution in [-0.2, 0) is 0 Å². The van der Waals surface area contributed by atoms with Gasteiger partial charge in [0.1, 0.15) is 0 Å². The molecule has 1 N–H and O–H groups in total. The standard InChI is InChI=1S/C10H21BrO/c1-9(6-8-11)5-4-7-10(2,3)12/h9,12H,4-8H2,1-3H3/t9-/m0/s1. The second-order valence-electron chi connectivity index (χ2n) is 4.29. The summed E-state index contributed by atoms with van der Waals surface area (Å²) >= 11 is 3.43. The fourth-order valence-corrected chi connectivity index (χ4v) is 2.00. The van der Waals surface area contributed by atoms with E-state index in [2.05, 4.69) is 22.9 Å². The van der Waals surface area contributed by atoms with Gasteiger partial charge in [0.25, 0.3) is 0 Å². The van der Waals surface area contributed by atoms with Gasteiger partial charge in [-0.1, -0.05) is 35.7 Å². The van der Waals surface area contributed by atoms with Gasteiger partial charge in [-0.15, -0.1) is 0 Å². The first-order valence-electron chi connectivity index (χ1n) is 4.74. The van der Waals surface area contributed by atoms with Crippen LogP contribution >= 0.6 is 15.9 Å². The Balaban J connectivity index is 3.31. The summed E-state index contributed by atoms with van der Waals surface area (Å²) in [5, 5.41) is 10.5. The molecule has 0 saturated carbocycles. The highest BCUT2D eigenvalue weighted by Crippen LogP contribution is 2.17. The fourth-order valence-electron chi connectivity index (χ4n) is 1.21.